The normalized spacial score (nSPS) is 11.6. The molecule has 0 fully saturated rings. The van der Waals surface area contributed by atoms with Gasteiger partial charge in [0, 0.05) is 12.1 Å². The van der Waals surface area contributed by atoms with Gasteiger partial charge in [-0.15, -0.1) is 0 Å². The average Bonchev–Trinajstić information content (AvgIpc) is 2.53. The highest BCUT2D eigenvalue weighted by molar-refractivity contribution is 5.95. The van der Waals surface area contributed by atoms with Crippen molar-refractivity contribution in [1.82, 2.24) is 5.32 Å². The Morgan fingerprint density at radius 2 is 1.76 bits per heavy atom. The number of hydrogen-bond acceptors (Lipinski definition) is 4. The van der Waals surface area contributed by atoms with Crippen LogP contribution in [0.5, 0.6) is 0 Å². The molecule has 9 heteroatoms. The van der Waals surface area contributed by atoms with Gasteiger partial charge in [0.2, 0.25) is 0 Å². The van der Waals surface area contributed by atoms with Crippen molar-refractivity contribution in [3.63, 3.8) is 0 Å². The molecule has 2 aromatic carbocycles. The second-order valence-electron chi connectivity index (χ2n) is 5.07. The fourth-order valence-electron chi connectivity index (χ4n) is 2.23. The van der Waals surface area contributed by atoms with E-state index in [2.05, 4.69) is 5.32 Å². The van der Waals surface area contributed by atoms with Crippen LogP contribution in [-0.2, 0) is 4.79 Å². The number of amides is 1. The van der Waals surface area contributed by atoms with E-state index in [0.717, 1.165) is 24.3 Å². The minimum atomic E-state index is -1.30. The lowest BCUT2D eigenvalue weighted by molar-refractivity contribution is -0.384. The van der Waals surface area contributed by atoms with Crippen molar-refractivity contribution in [2.45, 2.75) is 12.5 Å². The van der Waals surface area contributed by atoms with Crippen LogP contribution in [0.25, 0.3) is 0 Å². The number of hydrogen-bond donors (Lipinski definition) is 2. The SMILES string of the molecule is O=C(O)CC(NC(=O)c1c(F)cccc1F)c1cccc([N+](=O)[O-])c1. The van der Waals surface area contributed by atoms with Crippen LogP contribution < -0.4 is 5.32 Å². The van der Waals surface area contributed by atoms with E-state index in [1.807, 2.05) is 0 Å². The number of carboxylic acid groups (broad SMARTS) is 1. The van der Waals surface area contributed by atoms with Gasteiger partial charge < -0.3 is 10.4 Å². The van der Waals surface area contributed by atoms with E-state index in [1.54, 1.807) is 0 Å². The molecule has 1 atom stereocenters. The Balaban J connectivity index is 2.35. The maximum absolute atomic E-state index is 13.7. The molecule has 0 heterocycles. The van der Waals surface area contributed by atoms with Gasteiger partial charge in [-0.3, -0.25) is 19.7 Å². The maximum atomic E-state index is 13.7. The van der Waals surface area contributed by atoms with Gasteiger partial charge in [0.25, 0.3) is 11.6 Å². The van der Waals surface area contributed by atoms with Gasteiger partial charge in [-0.05, 0) is 17.7 Å². The van der Waals surface area contributed by atoms with Crippen molar-refractivity contribution < 1.29 is 28.4 Å². The second-order valence-corrected chi connectivity index (χ2v) is 5.07. The monoisotopic (exact) mass is 350 g/mol. The molecule has 130 valence electrons. The number of carboxylic acids is 1. The summed E-state index contributed by atoms with van der Waals surface area (Å²) in [5.41, 5.74) is -1.04. The van der Waals surface area contributed by atoms with E-state index in [1.165, 1.54) is 18.2 Å². The lowest BCUT2D eigenvalue weighted by atomic mass is 10.0. The molecule has 2 N–H and O–H groups in total. The lowest BCUT2D eigenvalue weighted by Gasteiger charge is -2.18. The molecule has 1 unspecified atom stereocenters. The number of aliphatic carboxylic acids is 1. The minimum Gasteiger partial charge on any atom is -0.481 e. The molecule has 2 aromatic rings. The fraction of sp³-hybridized carbons (Fsp3) is 0.125. The summed E-state index contributed by atoms with van der Waals surface area (Å²) in [5, 5.41) is 22.0. The number of halogens is 2. The molecule has 0 saturated heterocycles. The Morgan fingerprint density at radius 3 is 2.32 bits per heavy atom. The number of carbonyl (C=O) groups excluding carboxylic acids is 1. The molecule has 0 saturated carbocycles. The van der Waals surface area contributed by atoms with E-state index < -0.39 is 46.5 Å². The summed E-state index contributed by atoms with van der Waals surface area (Å²) in [6.45, 7) is 0. The van der Waals surface area contributed by atoms with E-state index in [4.69, 9.17) is 5.11 Å². The average molecular weight is 350 g/mol. The van der Waals surface area contributed by atoms with Gasteiger partial charge in [0.1, 0.15) is 17.2 Å². The molecule has 7 nitrogen and oxygen atoms in total. The van der Waals surface area contributed by atoms with Crippen LogP contribution in [0, 0.1) is 21.7 Å². The molecule has 0 aromatic heterocycles. The van der Waals surface area contributed by atoms with E-state index in [9.17, 15) is 28.5 Å². The third kappa shape index (κ3) is 4.34. The zero-order valence-corrected chi connectivity index (χ0v) is 12.6. The Morgan fingerprint density at radius 1 is 1.16 bits per heavy atom. The highest BCUT2D eigenvalue weighted by Crippen LogP contribution is 2.23. The number of nitro groups is 1. The minimum absolute atomic E-state index is 0.127. The number of rotatable bonds is 6. The Labute approximate surface area is 140 Å². The molecule has 2 rings (SSSR count). The van der Waals surface area contributed by atoms with Crippen LogP contribution in [0.1, 0.15) is 28.4 Å². The number of nitro benzene ring substituents is 1. The highest BCUT2D eigenvalue weighted by Gasteiger charge is 2.24. The van der Waals surface area contributed by atoms with E-state index in [-0.39, 0.29) is 11.3 Å². The molecule has 0 spiro atoms. The Hall–Kier alpha value is -3.36. The molecular weight excluding hydrogens is 338 g/mol. The summed E-state index contributed by atoms with van der Waals surface area (Å²) in [4.78, 5) is 33.3. The standard InChI is InChI=1S/C16H12F2N2O5/c17-11-5-2-6-12(18)15(11)16(23)19-13(8-14(21)22)9-3-1-4-10(7-9)20(24)25/h1-7,13H,8H2,(H,19,23)(H,21,22). The van der Waals surface area contributed by atoms with Crippen molar-refractivity contribution in [3.05, 3.63) is 75.3 Å². The first-order valence-electron chi connectivity index (χ1n) is 7.00. The van der Waals surface area contributed by atoms with Crippen molar-refractivity contribution in [3.8, 4) is 0 Å². The molecule has 25 heavy (non-hydrogen) atoms. The fourth-order valence-corrected chi connectivity index (χ4v) is 2.23. The maximum Gasteiger partial charge on any atom is 0.305 e. The molecule has 0 bridgehead atoms. The van der Waals surface area contributed by atoms with Gasteiger partial charge >= 0.3 is 5.97 Å². The predicted octanol–water partition coefficient (Wildman–Crippen LogP) is 2.82. The lowest BCUT2D eigenvalue weighted by Crippen LogP contribution is -2.31. The molecule has 0 aliphatic rings. The zero-order chi connectivity index (χ0) is 18.6. The largest absolute Gasteiger partial charge is 0.481 e. The smallest absolute Gasteiger partial charge is 0.305 e. The summed E-state index contributed by atoms with van der Waals surface area (Å²) in [5.74, 6) is -4.67. The summed E-state index contributed by atoms with van der Waals surface area (Å²) in [7, 11) is 0. The third-order valence-electron chi connectivity index (χ3n) is 3.36. The predicted molar refractivity (Wildman–Crippen MR) is 81.9 cm³/mol. The van der Waals surface area contributed by atoms with E-state index >= 15 is 0 Å². The van der Waals surface area contributed by atoms with Crippen molar-refractivity contribution in [2.75, 3.05) is 0 Å². The summed E-state index contributed by atoms with van der Waals surface area (Å²) >= 11 is 0. The molecule has 0 aliphatic carbocycles. The first-order valence-corrected chi connectivity index (χ1v) is 7.00. The topological polar surface area (TPSA) is 110 Å². The van der Waals surface area contributed by atoms with Crippen molar-refractivity contribution in [2.24, 2.45) is 0 Å². The van der Waals surface area contributed by atoms with Gasteiger partial charge in [-0.2, -0.15) is 0 Å². The molecule has 0 radical (unpaired) electrons. The number of non-ortho nitro benzene ring substituents is 1. The van der Waals surface area contributed by atoms with Gasteiger partial charge in [-0.25, -0.2) is 8.78 Å². The number of nitrogens with zero attached hydrogens (tertiary/aromatic N) is 1. The van der Waals surface area contributed by atoms with Crippen LogP contribution in [-0.4, -0.2) is 21.9 Å². The Bertz CT molecular complexity index is 821. The third-order valence-corrected chi connectivity index (χ3v) is 3.36. The van der Waals surface area contributed by atoms with Crippen LogP contribution in [0.3, 0.4) is 0 Å². The molecular formula is C16H12F2N2O5. The van der Waals surface area contributed by atoms with Crippen molar-refractivity contribution >= 4 is 17.6 Å². The summed E-state index contributed by atoms with van der Waals surface area (Å²) < 4.78 is 27.4. The highest BCUT2D eigenvalue weighted by atomic mass is 19.1. The summed E-state index contributed by atoms with van der Waals surface area (Å²) in [6, 6.07) is 6.62. The summed E-state index contributed by atoms with van der Waals surface area (Å²) in [6.07, 6.45) is -0.622. The van der Waals surface area contributed by atoms with Crippen LogP contribution >= 0.6 is 0 Å². The Kier molecular flexibility index (Phi) is 5.38. The first kappa shape index (κ1) is 18.0. The number of nitrogens with one attached hydrogen (secondary N) is 1. The van der Waals surface area contributed by atoms with Crippen LogP contribution in [0.15, 0.2) is 42.5 Å². The molecule has 0 aliphatic heterocycles. The number of carbonyl (C=O) groups is 2. The molecule has 1 amide bonds. The first-order chi connectivity index (χ1) is 11.8. The van der Waals surface area contributed by atoms with Crippen molar-refractivity contribution in [1.29, 1.82) is 0 Å². The zero-order valence-electron chi connectivity index (χ0n) is 12.6. The number of benzene rings is 2. The second kappa shape index (κ2) is 7.47. The van der Waals surface area contributed by atoms with Gasteiger partial charge in [0.15, 0.2) is 0 Å². The van der Waals surface area contributed by atoms with Gasteiger partial charge in [-0.1, -0.05) is 18.2 Å². The van der Waals surface area contributed by atoms with Crippen LogP contribution in [0.4, 0.5) is 14.5 Å². The van der Waals surface area contributed by atoms with Gasteiger partial charge in [0.05, 0.1) is 17.4 Å². The van der Waals surface area contributed by atoms with E-state index in [0.29, 0.717) is 0 Å². The quantitative estimate of drug-likeness (QED) is 0.615. The van der Waals surface area contributed by atoms with Crippen LogP contribution in [0.2, 0.25) is 0 Å².